The van der Waals surface area contributed by atoms with E-state index in [1.807, 2.05) is 16.7 Å². The van der Waals surface area contributed by atoms with Crippen LogP contribution in [0.15, 0.2) is 36.8 Å². The van der Waals surface area contributed by atoms with Gasteiger partial charge < -0.3 is 19.7 Å². The van der Waals surface area contributed by atoms with Crippen molar-refractivity contribution in [3.05, 3.63) is 48.0 Å². The van der Waals surface area contributed by atoms with Gasteiger partial charge in [-0.1, -0.05) is 12.1 Å². The fraction of sp³-hybridized carbons (Fsp3) is 0.375. The van der Waals surface area contributed by atoms with Crippen molar-refractivity contribution in [3.8, 4) is 5.75 Å². The first kappa shape index (κ1) is 16.0. The molecule has 22 heavy (non-hydrogen) atoms. The third-order valence-electron chi connectivity index (χ3n) is 3.38. The predicted octanol–water partition coefficient (Wildman–Crippen LogP) is 1.48. The highest BCUT2D eigenvalue weighted by molar-refractivity contribution is 5.76. The van der Waals surface area contributed by atoms with Crippen LogP contribution in [-0.2, 0) is 29.0 Å². The minimum Gasteiger partial charge on any atom is -0.508 e. The molecule has 0 saturated heterocycles. The van der Waals surface area contributed by atoms with Gasteiger partial charge in [-0.25, -0.2) is 4.98 Å². The molecule has 0 fully saturated rings. The summed E-state index contributed by atoms with van der Waals surface area (Å²) in [7, 11) is 1.65. The van der Waals surface area contributed by atoms with Gasteiger partial charge in [0.2, 0.25) is 5.91 Å². The highest BCUT2D eigenvalue weighted by Crippen LogP contribution is 2.11. The molecule has 0 unspecified atom stereocenters. The van der Waals surface area contributed by atoms with Crippen molar-refractivity contribution in [3.63, 3.8) is 0 Å². The van der Waals surface area contributed by atoms with E-state index in [9.17, 15) is 9.90 Å². The first-order valence-electron chi connectivity index (χ1n) is 7.21. The van der Waals surface area contributed by atoms with E-state index in [1.165, 1.54) is 0 Å². The number of amides is 1. The summed E-state index contributed by atoms with van der Waals surface area (Å²) in [4.78, 5) is 16.0. The van der Waals surface area contributed by atoms with Crippen LogP contribution in [0.4, 0.5) is 0 Å². The van der Waals surface area contributed by atoms with Crippen LogP contribution < -0.4 is 5.32 Å². The average Bonchev–Trinajstić information content (AvgIpc) is 2.97. The first-order chi connectivity index (χ1) is 10.7. The maximum atomic E-state index is 11.9. The molecule has 2 N–H and O–H groups in total. The Morgan fingerprint density at radius 1 is 1.36 bits per heavy atom. The van der Waals surface area contributed by atoms with Crippen molar-refractivity contribution in [2.75, 3.05) is 13.7 Å². The fourth-order valence-corrected chi connectivity index (χ4v) is 2.08. The molecular formula is C16H21N3O3. The molecule has 0 spiro atoms. The number of phenols is 1. The Labute approximate surface area is 129 Å². The molecule has 1 aromatic heterocycles. The summed E-state index contributed by atoms with van der Waals surface area (Å²) >= 11 is 0. The van der Waals surface area contributed by atoms with E-state index in [-0.39, 0.29) is 11.7 Å². The lowest BCUT2D eigenvalue weighted by Gasteiger charge is -2.09. The lowest BCUT2D eigenvalue weighted by molar-refractivity contribution is -0.121. The Hall–Kier alpha value is -2.34. The van der Waals surface area contributed by atoms with Crippen LogP contribution in [0.5, 0.6) is 5.75 Å². The predicted molar refractivity (Wildman–Crippen MR) is 82.4 cm³/mol. The maximum Gasteiger partial charge on any atom is 0.220 e. The molecule has 1 aromatic carbocycles. The summed E-state index contributed by atoms with van der Waals surface area (Å²) in [5.41, 5.74) is 1.98. The van der Waals surface area contributed by atoms with Gasteiger partial charge in [0.1, 0.15) is 5.75 Å². The standard InChI is InChI=1S/C16H21N3O3/c1-22-9-8-19-12-17-10-14(19)11-18-16(21)7-4-13-2-5-15(20)6-3-13/h2-3,5-6,10,12,20H,4,7-9,11H2,1H3,(H,18,21). The summed E-state index contributed by atoms with van der Waals surface area (Å²) in [6.07, 6.45) is 4.54. The van der Waals surface area contributed by atoms with Crippen LogP contribution in [-0.4, -0.2) is 34.3 Å². The lowest BCUT2D eigenvalue weighted by atomic mass is 10.1. The van der Waals surface area contributed by atoms with Crippen LogP contribution >= 0.6 is 0 Å². The quantitative estimate of drug-likeness (QED) is 0.774. The van der Waals surface area contributed by atoms with Gasteiger partial charge in [-0.2, -0.15) is 0 Å². The van der Waals surface area contributed by atoms with Gasteiger partial charge >= 0.3 is 0 Å². The topological polar surface area (TPSA) is 76.4 Å². The normalized spacial score (nSPS) is 10.6. The molecule has 118 valence electrons. The van der Waals surface area contributed by atoms with E-state index in [2.05, 4.69) is 10.3 Å². The van der Waals surface area contributed by atoms with Crippen molar-refractivity contribution in [2.45, 2.75) is 25.9 Å². The Kier molecular flexibility index (Phi) is 5.97. The van der Waals surface area contributed by atoms with Crippen LogP contribution in [0.2, 0.25) is 0 Å². The zero-order chi connectivity index (χ0) is 15.8. The smallest absolute Gasteiger partial charge is 0.220 e. The fourth-order valence-electron chi connectivity index (χ4n) is 2.08. The monoisotopic (exact) mass is 303 g/mol. The summed E-state index contributed by atoms with van der Waals surface area (Å²) in [5, 5.41) is 12.1. The van der Waals surface area contributed by atoms with Gasteiger partial charge in [0.15, 0.2) is 0 Å². The van der Waals surface area contributed by atoms with Crippen LogP contribution in [0, 0.1) is 0 Å². The van der Waals surface area contributed by atoms with E-state index >= 15 is 0 Å². The van der Waals surface area contributed by atoms with Crippen molar-refractivity contribution < 1.29 is 14.6 Å². The van der Waals surface area contributed by atoms with E-state index in [0.717, 1.165) is 17.8 Å². The zero-order valence-corrected chi connectivity index (χ0v) is 12.7. The molecule has 2 aromatic rings. The van der Waals surface area contributed by atoms with Gasteiger partial charge in [0.25, 0.3) is 0 Å². The van der Waals surface area contributed by atoms with Crippen LogP contribution in [0.3, 0.4) is 0 Å². The number of hydrogen-bond donors (Lipinski definition) is 2. The second-order valence-corrected chi connectivity index (χ2v) is 5.01. The Morgan fingerprint density at radius 3 is 2.86 bits per heavy atom. The minimum absolute atomic E-state index is 0.00688. The number of hydrogen-bond acceptors (Lipinski definition) is 4. The van der Waals surface area contributed by atoms with Crippen LogP contribution in [0.1, 0.15) is 17.7 Å². The molecule has 2 rings (SSSR count). The molecule has 0 aliphatic rings. The number of nitrogens with one attached hydrogen (secondary N) is 1. The second kappa shape index (κ2) is 8.19. The zero-order valence-electron chi connectivity index (χ0n) is 12.7. The molecule has 0 atom stereocenters. The average molecular weight is 303 g/mol. The van der Waals surface area contributed by atoms with Crippen molar-refractivity contribution in [2.24, 2.45) is 0 Å². The van der Waals surface area contributed by atoms with Gasteiger partial charge in [0.05, 0.1) is 25.2 Å². The minimum atomic E-state index is -0.00688. The Bertz CT molecular complexity index is 593. The van der Waals surface area contributed by atoms with Gasteiger partial charge in [-0.05, 0) is 24.1 Å². The van der Waals surface area contributed by atoms with Gasteiger partial charge in [-0.15, -0.1) is 0 Å². The lowest BCUT2D eigenvalue weighted by Crippen LogP contribution is -2.24. The number of rotatable bonds is 8. The molecule has 1 heterocycles. The SMILES string of the molecule is COCCn1cncc1CNC(=O)CCc1ccc(O)cc1. The maximum absolute atomic E-state index is 11.9. The molecule has 0 aliphatic carbocycles. The molecule has 0 aliphatic heterocycles. The Balaban J connectivity index is 1.75. The third-order valence-corrected chi connectivity index (χ3v) is 3.38. The Morgan fingerprint density at radius 2 is 2.14 bits per heavy atom. The molecular weight excluding hydrogens is 282 g/mol. The van der Waals surface area contributed by atoms with E-state index in [0.29, 0.717) is 26.0 Å². The number of methoxy groups -OCH3 is 1. The summed E-state index contributed by atoms with van der Waals surface area (Å²) < 4.78 is 7.00. The number of ether oxygens (including phenoxy) is 1. The molecule has 0 radical (unpaired) electrons. The first-order valence-corrected chi connectivity index (χ1v) is 7.21. The van der Waals surface area contributed by atoms with Crippen molar-refractivity contribution >= 4 is 5.91 Å². The van der Waals surface area contributed by atoms with E-state index < -0.39 is 0 Å². The van der Waals surface area contributed by atoms with Gasteiger partial charge in [0, 0.05) is 26.3 Å². The largest absolute Gasteiger partial charge is 0.508 e. The van der Waals surface area contributed by atoms with E-state index in [1.54, 1.807) is 31.8 Å². The summed E-state index contributed by atoms with van der Waals surface area (Å²) in [6, 6.07) is 6.90. The van der Waals surface area contributed by atoms with Gasteiger partial charge in [-0.3, -0.25) is 4.79 Å². The van der Waals surface area contributed by atoms with Crippen LogP contribution in [0.25, 0.3) is 0 Å². The van der Waals surface area contributed by atoms with E-state index in [4.69, 9.17) is 4.74 Å². The molecule has 6 nitrogen and oxygen atoms in total. The van der Waals surface area contributed by atoms with Crippen molar-refractivity contribution in [1.29, 1.82) is 0 Å². The molecule has 6 heteroatoms. The third kappa shape index (κ3) is 4.89. The molecule has 0 bridgehead atoms. The number of aromatic nitrogens is 2. The number of aryl methyl sites for hydroxylation is 1. The number of nitrogens with zero attached hydrogens (tertiary/aromatic N) is 2. The molecule has 0 saturated carbocycles. The number of carbonyl (C=O) groups excluding carboxylic acids is 1. The van der Waals surface area contributed by atoms with Crippen molar-refractivity contribution in [1.82, 2.24) is 14.9 Å². The second-order valence-electron chi connectivity index (χ2n) is 5.01. The summed E-state index contributed by atoms with van der Waals surface area (Å²) in [5.74, 6) is 0.227. The number of aromatic hydroxyl groups is 1. The highest BCUT2D eigenvalue weighted by Gasteiger charge is 2.06. The number of carbonyl (C=O) groups is 1. The number of benzene rings is 1. The summed E-state index contributed by atoms with van der Waals surface area (Å²) in [6.45, 7) is 1.78. The number of imidazole rings is 1. The number of phenolic OH excluding ortho intramolecular Hbond substituents is 1. The molecule has 1 amide bonds. The highest BCUT2D eigenvalue weighted by atomic mass is 16.5.